The van der Waals surface area contributed by atoms with E-state index in [9.17, 15) is 4.79 Å². The molecule has 14 heavy (non-hydrogen) atoms. The van der Waals surface area contributed by atoms with Crippen LogP contribution in [0.4, 0.5) is 11.5 Å². The number of rotatable bonds is 3. The van der Waals surface area contributed by atoms with Gasteiger partial charge in [-0.1, -0.05) is 6.58 Å². The summed E-state index contributed by atoms with van der Waals surface area (Å²) in [5, 5.41) is 0. The number of nitrogens with one attached hydrogen (secondary N) is 1. The summed E-state index contributed by atoms with van der Waals surface area (Å²) in [4.78, 5) is 19.4. The molecule has 1 aromatic rings. The molecule has 1 rings (SSSR count). The van der Waals surface area contributed by atoms with Crippen molar-refractivity contribution in [2.45, 2.75) is 19.9 Å². The van der Waals surface area contributed by atoms with Crippen LogP contribution in [0, 0.1) is 0 Å². The number of hydrogen-bond donors (Lipinski definition) is 2. The molecule has 0 bridgehead atoms. The minimum atomic E-state index is -0.331. The minimum Gasteiger partial charge on any atom is -0.391 e. The summed E-state index contributed by atoms with van der Waals surface area (Å²) in [5.74, 6) is 0.443. The second kappa shape index (κ2) is 3.95. The summed E-state index contributed by atoms with van der Waals surface area (Å²) >= 11 is 0. The first-order valence-electron chi connectivity index (χ1n) is 4.32. The SMILES string of the molecule is C=CN(c1nc[nH]c(=O)c1N)C(C)C. The Balaban J connectivity index is 3.23. The second-order valence-electron chi connectivity index (χ2n) is 3.15. The molecule has 0 aliphatic rings. The van der Waals surface area contributed by atoms with Crippen LogP contribution < -0.4 is 16.2 Å². The van der Waals surface area contributed by atoms with Crippen LogP contribution in [-0.2, 0) is 0 Å². The second-order valence-corrected chi connectivity index (χ2v) is 3.15. The molecule has 0 atom stereocenters. The molecule has 0 radical (unpaired) electrons. The smallest absolute Gasteiger partial charge is 0.276 e. The van der Waals surface area contributed by atoms with Crippen molar-refractivity contribution in [3.05, 3.63) is 29.5 Å². The standard InChI is InChI=1S/C9H14N4O/c1-4-13(6(2)3)8-7(10)9(14)12-5-11-8/h4-6H,1,10H2,2-3H3,(H,11,12,14). The molecule has 0 fully saturated rings. The van der Waals surface area contributed by atoms with Gasteiger partial charge < -0.3 is 15.6 Å². The average molecular weight is 194 g/mol. The van der Waals surface area contributed by atoms with Gasteiger partial charge in [-0.25, -0.2) is 4.98 Å². The lowest BCUT2D eigenvalue weighted by Crippen LogP contribution is -2.28. The third-order valence-corrected chi connectivity index (χ3v) is 1.87. The normalized spacial score (nSPS) is 10.2. The van der Waals surface area contributed by atoms with Gasteiger partial charge in [0.15, 0.2) is 5.82 Å². The van der Waals surface area contributed by atoms with Crippen molar-refractivity contribution in [3.8, 4) is 0 Å². The Morgan fingerprint density at radius 3 is 2.86 bits per heavy atom. The fourth-order valence-electron chi connectivity index (χ4n) is 1.15. The number of anilines is 2. The van der Waals surface area contributed by atoms with Crippen LogP contribution >= 0.6 is 0 Å². The minimum absolute atomic E-state index is 0.112. The Hall–Kier alpha value is -1.78. The van der Waals surface area contributed by atoms with Crippen molar-refractivity contribution in [1.29, 1.82) is 0 Å². The van der Waals surface area contributed by atoms with Crippen LogP contribution in [0.2, 0.25) is 0 Å². The lowest BCUT2D eigenvalue weighted by molar-refractivity contribution is 0.770. The highest BCUT2D eigenvalue weighted by Crippen LogP contribution is 2.17. The molecule has 0 unspecified atom stereocenters. The van der Waals surface area contributed by atoms with E-state index in [0.29, 0.717) is 5.82 Å². The third kappa shape index (κ3) is 1.76. The van der Waals surface area contributed by atoms with Crippen molar-refractivity contribution in [1.82, 2.24) is 9.97 Å². The van der Waals surface area contributed by atoms with Crippen molar-refractivity contribution in [3.63, 3.8) is 0 Å². The molecule has 3 N–H and O–H groups in total. The van der Waals surface area contributed by atoms with E-state index >= 15 is 0 Å². The molecule has 0 saturated heterocycles. The van der Waals surface area contributed by atoms with Gasteiger partial charge in [-0.05, 0) is 20.0 Å². The molecule has 0 aliphatic heterocycles. The predicted molar refractivity (Wildman–Crippen MR) is 57.1 cm³/mol. The Morgan fingerprint density at radius 1 is 1.71 bits per heavy atom. The van der Waals surface area contributed by atoms with Crippen molar-refractivity contribution in [2.24, 2.45) is 0 Å². The monoisotopic (exact) mass is 194 g/mol. The Kier molecular flexibility index (Phi) is 2.91. The molecule has 76 valence electrons. The van der Waals surface area contributed by atoms with Gasteiger partial charge in [0.25, 0.3) is 5.56 Å². The van der Waals surface area contributed by atoms with E-state index in [4.69, 9.17) is 5.73 Å². The summed E-state index contributed by atoms with van der Waals surface area (Å²) in [6, 6.07) is 0.157. The number of aromatic nitrogens is 2. The largest absolute Gasteiger partial charge is 0.391 e. The van der Waals surface area contributed by atoms with Gasteiger partial charge in [0.2, 0.25) is 0 Å². The molecule has 0 amide bonds. The molecule has 5 nitrogen and oxygen atoms in total. The maximum atomic E-state index is 11.2. The number of nitrogens with two attached hydrogens (primary N) is 1. The fraction of sp³-hybridized carbons (Fsp3) is 0.333. The van der Waals surface area contributed by atoms with Gasteiger partial charge in [-0.15, -0.1) is 0 Å². The molecule has 0 aromatic carbocycles. The maximum Gasteiger partial charge on any atom is 0.276 e. The summed E-state index contributed by atoms with van der Waals surface area (Å²) < 4.78 is 0. The Bertz CT molecular complexity index is 383. The van der Waals surface area contributed by atoms with Gasteiger partial charge in [-0.2, -0.15) is 0 Å². The quantitative estimate of drug-likeness (QED) is 0.743. The molecule has 0 saturated carbocycles. The molecule has 1 aromatic heterocycles. The van der Waals surface area contributed by atoms with Crippen LogP contribution in [0.1, 0.15) is 13.8 Å². The number of nitrogen functional groups attached to an aromatic ring is 1. The van der Waals surface area contributed by atoms with Gasteiger partial charge in [-0.3, -0.25) is 4.79 Å². The number of aromatic amines is 1. The van der Waals surface area contributed by atoms with Crippen LogP contribution in [0.3, 0.4) is 0 Å². The number of hydrogen-bond acceptors (Lipinski definition) is 4. The van der Waals surface area contributed by atoms with E-state index in [1.807, 2.05) is 13.8 Å². The number of nitrogens with zero attached hydrogens (tertiary/aromatic N) is 2. The highest BCUT2D eigenvalue weighted by atomic mass is 16.1. The van der Waals surface area contributed by atoms with Crippen LogP contribution in [-0.4, -0.2) is 16.0 Å². The zero-order valence-electron chi connectivity index (χ0n) is 8.32. The summed E-state index contributed by atoms with van der Waals surface area (Å²) in [6.45, 7) is 7.57. The van der Waals surface area contributed by atoms with Crippen LogP contribution in [0.15, 0.2) is 23.9 Å². The molecule has 1 heterocycles. The van der Waals surface area contributed by atoms with E-state index in [2.05, 4.69) is 16.5 Å². The topological polar surface area (TPSA) is 75.0 Å². The van der Waals surface area contributed by atoms with E-state index < -0.39 is 0 Å². The van der Waals surface area contributed by atoms with E-state index in [1.54, 1.807) is 11.1 Å². The van der Waals surface area contributed by atoms with Crippen LogP contribution in [0.5, 0.6) is 0 Å². The maximum absolute atomic E-state index is 11.2. The first-order valence-corrected chi connectivity index (χ1v) is 4.32. The zero-order chi connectivity index (χ0) is 10.7. The summed E-state index contributed by atoms with van der Waals surface area (Å²) in [5.41, 5.74) is 5.38. The van der Waals surface area contributed by atoms with E-state index in [0.717, 1.165) is 0 Å². The zero-order valence-corrected chi connectivity index (χ0v) is 8.32. The highest BCUT2D eigenvalue weighted by Gasteiger charge is 2.13. The first kappa shape index (κ1) is 10.3. The summed E-state index contributed by atoms with van der Waals surface area (Å²) in [6.07, 6.45) is 2.93. The predicted octanol–water partition coefficient (Wildman–Crippen LogP) is 0.710. The first-order chi connectivity index (χ1) is 6.57. The average Bonchev–Trinajstić information content (AvgIpc) is 2.13. The van der Waals surface area contributed by atoms with Crippen molar-refractivity contribution >= 4 is 11.5 Å². The Morgan fingerprint density at radius 2 is 2.36 bits per heavy atom. The van der Waals surface area contributed by atoms with Crippen molar-refractivity contribution in [2.75, 3.05) is 10.6 Å². The third-order valence-electron chi connectivity index (χ3n) is 1.87. The summed E-state index contributed by atoms with van der Waals surface area (Å²) in [7, 11) is 0. The fourth-order valence-corrected chi connectivity index (χ4v) is 1.15. The molecule has 0 spiro atoms. The Labute approximate surface area is 82.3 Å². The lowest BCUT2D eigenvalue weighted by Gasteiger charge is -2.23. The molecule has 0 aliphatic carbocycles. The van der Waals surface area contributed by atoms with Gasteiger partial charge in [0.1, 0.15) is 5.69 Å². The van der Waals surface area contributed by atoms with E-state index in [1.165, 1.54) is 6.33 Å². The van der Waals surface area contributed by atoms with Gasteiger partial charge in [0.05, 0.1) is 6.33 Å². The van der Waals surface area contributed by atoms with Gasteiger partial charge in [0, 0.05) is 6.04 Å². The van der Waals surface area contributed by atoms with Gasteiger partial charge >= 0.3 is 0 Å². The molecular formula is C9H14N4O. The highest BCUT2D eigenvalue weighted by molar-refractivity contribution is 5.62. The van der Waals surface area contributed by atoms with Crippen LogP contribution in [0.25, 0.3) is 0 Å². The molecule has 5 heteroatoms. The number of H-pyrrole nitrogens is 1. The molecular weight excluding hydrogens is 180 g/mol. The van der Waals surface area contributed by atoms with E-state index in [-0.39, 0.29) is 17.3 Å². The van der Waals surface area contributed by atoms with Crippen molar-refractivity contribution < 1.29 is 0 Å². The lowest BCUT2D eigenvalue weighted by atomic mass is 10.3.